The van der Waals surface area contributed by atoms with Crippen LogP contribution in [0.5, 0.6) is 0 Å². The van der Waals surface area contributed by atoms with E-state index in [0.717, 1.165) is 5.82 Å². The number of aromatic amines is 1. The average Bonchev–Trinajstić information content (AvgIpc) is 2.84. The van der Waals surface area contributed by atoms with Crippen LogP contribution < -0.4 is 5.32 Å². The van der Waals surface area contributed by atoms with Gasteiger partial charge in [-0.15, -0.1) is 0 Å². The van der Waals surface area contributed by atoms with Gasteiger partial charge in [0, 0.05) is 19.8 Å². The molecule has 1 amide bonds. The van der Waals surface area contributed by atoms with E-state index >= 15 is 0 Å². The summed E-state index contributed by atoms with van der Waals surface area (Å²) in [4.78, 5) is 22.4. The topological polar surface area (TPSA) is 86.8 Å². The molecule has 0 aromatic carbocycles. The van der Waals surface area contributed by atoms with E-state index in [0.29, 0.717) is 30.3 Å². The summed E-state index contributed by atoms with van der Waals surface area (Å²) < 4.78 is 0. The first-order valence-corrected chi connectivity index (χ1v) is 6.44. The van der Waals surface area contributed by atoms with Crippen molar-refractivity contribution in [1.29, 1.82) is 0 Å². The molecule has 0 radical (unpaired) electrons. The summed E-state index contributed by atoms with van der Waals surface area (Å²) in [5, 5.41) is 9.87. The largest absolute Gasteiger partial charge is 0.370 e. The molecule has 2 aromatic heterocycles. The normalized spacial score (nSPS) is 10.3. The molecule has 2 aromatic rings. The third kappa shape index (κ3) is 3.11. The van der Waals surface area contributed by atoms with Crippen LogP contribution in [0.15, 0.2) is 18.3 Å². The molecule has 7 heteroatoms. The number of hydrogen-bond acceptors (Lipinski definition) is 5. The zero-order valence-electron chi connectivity index (χ0n) is 11.8. The monoisotopic (exact) mass is 274 g/mol. The van der Waals surface area contributed by atoms with E-state index in [1.807, 2.05) is 13.8 Å². The van der Waals surface area contributed by atoms with Gasteiger partial charge in [0.1, 0.15) is 11.6 Å². The summed E-state index contributed by atoms with van der Waals surface area (Å²) in [7, 11) is 1.72. The Balaban J connectivity index is 2.14. The molecule has 2 N–H and O–H groups in total. The van der Waals surface area contributed by atoms with Crippen LogP contribution in [0.25, 0.3) is 0 Å². The summed E-state index contributed by atoms with van der Waals surface area (Å²) in [6.45, 7) is 4.84. The number of H-pyrrole nitrogens is 1. The van der Waals surface area contributed by atoms with Crippen LogP contribution in [0.2, 0.25) is 0 Å². The SMILES string of the molecule is CCNc1ncccc1C(=O)N(C)Cc1n[nH]c(C)n1. The number of nitrogens with zero attached hydrogens (tertiary/aromatic N) is 4. The van der Waals surface area contributed by atoms with Crippen molar-refractivity contribution in [2.45, 2.75) is 20.4 Å². The number of hydrogen-bond donors (Lipinski definition) is 2. The summed E-state index contributed by atoms with van der Waals surface area (Å²) >= 11 is 0. The zero-order chi connectivity index (χ0) is 14.5. The van der Waals surface area contributed by atoms with Crippen molar-refractivity contribution >= 4 is 11.7 Å². The Morgan fingerprint density at radius 2 is 2.30 bits per heavy atom. The lowest BCUT2D eigenvalue weighted by Gasteiger charge is -2.17. The molecular formula is C13H18N6O. The Kier molecular flexibility index (Phi) is 4.29. The highest BCUT2D eigenvalue weighted by Gasteiger charge is 2.17. The second-order valence-electron chi connectivity index (χ2n) is 4.43. The quantitative estimate of drug-likeness (QED) is 0.856. The van der Waals surface area contributed by atoms with Gasteiger partial charge in [-0.3, -0.25) is 9.89 Å². The van der Waals surface area contributed by atoms with Crippen LogP contribution in [-0.2, 0) is 6.54 Å². The van der Waals surface area contributed by atoms with Crippen molar-refractivity contribution < 1.29 is 4.79 Å². The fraction of sp³-hybridized carbons (Fsp3) is 0.385. The molecule has 20 heavy (non-hydrogen) atoms. The molecular weight excluding hydrogens is 256 g/mol. The predicted molar refractivity (Wildman–Crippen MR) is 75.3 cm³/mol. The molecule has 0 saturated carbocycles. The van der Waals surface area contributed by atoms with E-state index in [2.05, 4.69) is 25.5 Å². The minimum Gasteiger partial charge on any atom is -0.370 e. The second-order valence-corrected chi connectivity index (χ2v) is 4.43. The van der Waals surface area contributed by atoms with E-state index < -0.39 is 0 Å². The highest BCUT2D eigenvalue weighted by atomic mass is 16.2. The smallest absolute Gasteiger partial charge is 0.257 e. The maximum atomic E-state index is 12.4. The molecule has 7 nitrogen and oxygen atoms in total. The molecule has 106 valence electrons. The summed E-state index contributed by atoms with van der Waals surface area (Å²) in [6, 6.07) is 3.51. The van der Waals surface area contributed by atoms with Crippen molar-refractivity contribution in [2.24, 2.45) is 0 Å². The highest BCUT2D eigenvalue weighted by molar-refractivity contribution is 5.98. The molecule has 0 spiro atoms. The lowest BCUT2D eigenvalue weighted by molar-refractivity contribution is 0.0782. The molecule has 0 bridgehead atoms. The first kappa shape index (κ1) is 14.0. The number of aryl methyl sites for hydroxylation is 1. The van der Waals surface area contributed by atoms with Crippen molar-refractivity contribution in [3.8, 4) is 0 Å². The standard InChI is InChI=1S/C13H18N6O/c1-4-14-12-10(6-5-7-15-12)13(20)19(3)8-11-16-9(2)17-18-11/h5-7H,4,8H2,1-3H3,(H,14,15)(H,16,17,18). The van der Waals surface area contributed by atoms with Crippen LogP contribution in [0.3, 0.4) is 0 Å². The minimum atomic E-state index is -0.114. The second kappa shape index (κ2) is 6.14. The third-order valence-corrected chi connectivity index (χ3v) is 2.75. The van der Waals surface area contributed by atoms with Gasteiger partial charge in [-0.05, 0) is 26.0 Å². The van der Waals surface area contributed by atoms with Crippen molar-refractivity contribution in [3.63, 3.8) is 0 Å². The molecule has 2 heterocycles. The third-order valence-electron chi connectivity index (χ3n) is 2.75. The number of aromatic nitrogens is 4. The van der Waals surface area contributed by atoms with Gasteiger partial charge in [-0.25, -0.2) is 9.97 Å². The maximum Gasteiger partial charge on any atom is 0.257 e. The van der Waals surface area contributed by atoms with Gasteiger partial charge in [-0.2, -0.15) is 5.10 Å². The van der Waals surface area contributed by atoms with E-state index in [1.54, 1.807) is 30.3 Å². The Bertz CT molecular complexity index is 594. The number of rotatable bonds is 5. The number of nitrogens with one attached hydrogen (secondary N) is 2. The van der Waals surface area contributed by atoms with E-state index in [-0.39, 0.29) is 5.91 Å². The fourth-order valence-electron chi connectivity index (χ4n) is 1.84. The van der Waals surface area contributed by atoms with E-state index in [4.69, 9.17) is 0 Å². The average molecular weight is 274 g/mol. The zero-order valence-corrected chi connectivity index (χ0v) is 11.8. The summed E-state index contributed by atoms with van der Waals surface area (Å²) in [5.74, 6) is 1.80. The number of carbonyl (C=O) groups excluding carboxylic acids is 1. The Labute approximate surface area is 117 Å². The van der Waals surface area contributed by atoms with Crippen LogP contribution in [-0.4, -0.2) is 44.6 Å². The fourth-order valence-corrected chi connectivity index (χ4v) is 1.84. The van der Waals surface area contributed by atoms with Gasteiger partial charge >= 0.3 is 0 Å². The number of anilines is 1. The van der Waals surface area contributed by atoms with Gasteiger partial charge in [0.15, 0.2) is 5.82 Å². The van der Waals surface area contributed by atoms with Gasteiger partial charge in [0.2, 0.25) is 0 Å². The molecule has 0 fully saturated rings. The summed E-state index contributed by atoms with van der Waals surface area (Å²) in [6.07, 6.45) is 1.66. The lowest BCUT2D eigenvalue weighted by Crippen LogP contribution is -2.27. The lowest BCUT2D eigenvalue weighted by atomic mass is 10.2. The summed E-state index contributed by atoms with van der Waals surface area (Å²) in [5.41, 5.74) is 0.545. The molecule has 0 aliphatic rings. The van der Waals surface area contributed by atoms with Gasteiger partial charge in [-0.1, -0.05) is 0 Å². The Morgan fingerprint density at radius 1 is 1.50 bits per heavy atom. The molecule has 0 unspecified atom stereocenters. The van der Waals surface area contributed by atoms with Crippen molar-refractivity contribution in [2.75, 3.05) is 18.9 Å². The van der Waals surface area contributed by atoms with Crippen LogP contribution in [0.4, 0.5) is 5.82 Å². The Hall–Kier alpha value is -2.44. The number of pyridine rings is 1. The predicted octanol–water partition coefficient (Wildman–Crippen LogP) is 1.21. The van der Waals surface area contributed by atoms with Crippen LogP contribution >= 0.6 is 0 Å². The minimum absolute atomic E-state index is 0.114. The molecule has 0 atom stereocenters. The molecule has 0 aliphatic heterocycles. The first-order chi connectivity index (χ1) is 9.61. The number of carbonyl (C=O) groups is 1. The van der Waals surface area contributed by atoms with Gasteiger partial charge in [0.05, 0.1) is 12.1 Å². The number of amides is 1. The molecule has 0 aliphatic carbocycles. The van der Waals surface area contributed by atoms with Crippen LogP contribution in [0, 0.1) is 6.92 Å². The van der Waals surface area contributed by atoms with Gasteiger partial charge in [0.25, 0.3) is 5.91 Å². The van der Waals surface area contributed by atoms with Gasteiger partial charge < -0.3 is 10.2 Å². The van der Waals surface area contributed by atoms with E-state index in [9.17, 15) is 4.79 Å². The molecule has 2 rings (SSSR count). The highest BCUT2D eigenvalue weighted by Crippen LogP contribution is 2.14. The maximum absolute atomic E-state index is 12.4. The van der Waals surface area contributed by atoms with Crippen molar-refractivity contribution in [3.05, 3.63) is 35.5 Å². The Morgan fingerprint density at radius 3 is 2.95 bits per heavy atom. The van der Waals surface area contributed by atoms with Crippen molar-refractivity contribution in [1.82, 2.24) is 25.1 Å². The molecule has 0 saturated heterocycles. The van der Waals surface area contributed by atoms with Crippen LogP contribution in [0.1, 0.15) is 28.9 Å². The first-order valence-electron chi connectivity index (χ1n) is 6.44. The van der Waals surface area contributed by atoms with E-state index in [1.165, 1.54) is 0 Å².